The summed E-state index contributed by atoms with van der Waals surface area (Å²) in [6.07, 6.45) is 1.70. The van der Waals surface area contributed by atoms with Gasteiger partial charge in [0.1, 0.15) is 17.1 Å². The van der Waals surface area contributed by atoms with E-state index in [4.69, 9.17) is 11.6 Å². The zero-order valence-corrected chi connectivity index (χ0v) is 17.4. The lowest BCUT2D eigenvalue weighted by atomic mass is 9.95. The Balaban J connectivity index is 1.95. The summed E-state index contributed by atoms with van der Waals surface area (Å²) in [4.78, 5) is 14.7. The van der Waals surface area contributed by atoms with Gasteiger partial charge in [0.05, 0.1) is 6.04 Å². The predicted molar refractivity (Wildman–Crippen MR) is 113 cm³/mol. The molecule has 0 aliphatic carbocycles. The van der Waals surface area contributed by atoms with E-state index >= 15 is 0 Å². The minimum absolute atomic E-state index is 0.0683. The average molecular weight is 459 g/mol. The quantitative estimate of drug-likeness (QED) is 0.525. The van der Waals surface area contributed by atoms with E-state index in [2.05, 4.69) is 32.7 Å². The van der Waals surface area contributed by atoms with Crippen LogP contribution in [0.3, 0.4) is 0 Å². The van der Waals surface area contributed by atoms with Crippen molar-refractivity contribution >= 4 is 33.4 Å². The molecule has 5 nitrogen and oxygen atoms in total. The van der Waals surface area contributed by atoms with Crippen molar-refractivity contribution in [1.82, 2.24) is 15.1 Å². The standard InChI is InChI=1S/C21H17BrClN3O2/c1-3-7-26-20(12-5-4-6-13(22)9-12)17-18(24-25-19(17)21(26)28)14-10-15(23)11(2)8-16(14)27/h3-6,8-10,20,27H,1,7H2,2H3,(H,24,25). The number of H-pyrrole nitrogens is 1. The van der Waals surface area contributed by atoms with Crippen molar-refractivity contribution in [2.24, 2.45) is 0 Å². The molecule has 1 aliphatic rings. The molecule has 0 saturated heterocycles. The maximum absolute atomic E-state index is 13.0. The third-order valence-electron chi connectivity index (χ3n) is 4.89. The SMILES string of the molecule is C=CCN1C(=O)c2[nH]nc(-c3cc(Cl)c(C)cc3O)c2C1c1cccc(Br)c1. The van der Waals surface area contributed by atoms with Gasteiger partial charge < -0.3 is 10.0 Å². The van der Waals surface area contributed by atoms with Crippen LogP contribution in [0.25, 0.3) is 11.3 Å². The van der Waals surface area contributed by atoms with Crippen LogP contribution in [0.1, 0.15) is 33.2 Å². The summed E-state index contributed by atoms with van der Waals surface area (Å²) < 4.78 is 0.913. The summed E-state index contributed by atoms with van der Waals surface area (Å²) in [5, 5.41) is 18.3. The average Bonchev–Trinajstić information content (AvgIpc) is 3.18. The van der Waals surface area contributed by atoms with E-state index in [1.165, 1.54) is 0 Å². The second-order valence-electron chi connectivity index (χ2n) is 6.68. The zero-order valence-electron chi connectivity index (χ0n) is 15.0. The molecule has 3 aromatic rings. The van der Waals surface area contributed by atoms with Crippen LogP contribution in [0.15, 0.2) is 53.5 Å². The van der Waals surface area contributed by atoms with Gasteiger partial charge in [-0.25, -0.2) is 0 Å². The van der Waals surface area contributed by atoms with Crippen molar-refractivity contribution in [2.45, 2.75) is 13.0 Å². The van der Waals surface area contributed by atoms with Gasteiger partial charge in [-0.2, -0.15) is 5.10 Å². The highest BCUT2D eigenvalue weighted by Crippen LogP contribution is 2.45. The normalized spacial score (nSPS) is 15.8. The Labute approximate surface area is 175 Å². The van der Waals surface area contributed by atoms with Crippen LogP contribution in [-0.2, 0) is 0 Å². The van der Waals surface area contributed by atoms with Crippen LogP contribution in [0, 0.1) is 6.92 Å². The van der Waals surface area contributed by atoms with E-state index in [0.29, 0.717) is 28.5 Å². The van der Waals surface area contributed by atoms with E-state index in [-0.39, 0.29) is 17.7 Å². The van der Waals surface area contributed by atoms with Crippen molar-refractivity contribution in [3.05, 3.63) is 80.9 Å². The molecule has 28 heavy (non-hydrogen) atoms. The van der Waals surface area contributed by atoms with Gasteiger partial charge in [-0.3, -0.25) is 9.89 Å². The number of hydrogen-bond donors (Lipinski definition) is 2. The Hall–Kier alpha value is -2.57. The molecule has 1 aliphatic heterocycles. The molecule has 1 unspecified atom stereocenters. The monoisotopic (exact) mass is 457 g/mol. The van der Waals surface area contributed by atoms with Crippen molar-refractivity contribution in [3.8, 4) is 17.0 Å². The van der Waals surface area contributed by atoms with Gasteiger partial charge in [-0.1, -0.05) is 45.7 Å². The summed E-state index contributed by atoms with van der Waals surface area (Å²) in [6.45, 7) is 5.99. The van der Waals surface area contributed by atoms with Crippen LogP contribution < -0.4 is 0 Å². The summed E-state index contributed by atoms with van der Waals surface area (Å²) in [7, 11) is 0. The number of nitrogens with one attached hydrogen (secondary N) is 1. The first-order chi connectivity index (χ1) is 13.4. The molecule has 0 saturated carbocycles. The van der Waals surface area contributed by atoms with Gasteiger partial charge in [0.25, 0.3) is 5.91 Å². The number of rotatable bonds is 4. The molecule has 1 atom stereocenters. The highest BCUT2D eigenvalue weighted by molar-refractivity contribution is 9.10. The highest BCUT2D eigenvalue weighted by Gasteiger charge is 2.42. The lowest BCUT2D eigenvalue weighted by Crippen LogP contribution is -2.29. The third-order valence-corrected chi connectivity index (χ3v) is 5.79. The second kappa shape index (κ2) is 7.11. The lowest BCUT2D eigenvalue weighted by molar-refractivity contribution is 0.0764. The van der Waals surface area contributed by atoms with Crippen molar-refractivity contribution in [1.29, 1.82) is 0 Å². The number of amides is 1. The molecule has 0 bridgehead atoms. The van der Waals surface area contributed by atoms with Crippen LogP contribution in [-0.4, -0.2) is 32.7 Å². The molecular weight excluding hydrogens is 442 g/mol. The fourth-order valence-corrected chi connectivity index (χ4v) is 4.19. The predicted octanol–water partition coefficient (Wildman–Crippen LogP) is 5.24. The minimum atomic E-state index is -0.355. The molecule has 1 aromatic heterocycles. The number of benzene rings is 2. The van der Waals surface area contributed by atoms with Gasteiger partial charge in [-0.05, 0) is 42.3 Å². The van der Waals surface area contributed by atoms with Gasteiger partial charge in [-0.15, -0.1) is 6.58 Å². The third kappa shape index (κ3) is 2.93. The molecule has 7 heteroatoms. The molecule has 2 heterocycles. The van der Waals surface area contributed by atoms with E-state index in [1.807, 2.05) is 31.2 Å². The van der Waals surface area contributed by atoms with Crippen molar-refractivity contribution in [3.63, 3.8) is 0 Å². The molecule has 0 fully saturated rings. The molecule has 0 spiro atoms. The topological polar surface area (TPSA) is 69.2 Å². The molecule has 0 radical (unpaired) electrons. The Morgan fingerprint density at radius 2 is 2.18 bits per heavy atom. The number of phenolic OH excluding ortho intramolecular Hbond substituents is 1. The van der Waals surface area contributed by atoms with Gasteiger partial charge in [0, 0.05) is 27.2 Å². The molecule has 2 N–H and O–H groups in total. The molecule has 4 rings (SSSR count). The summed E-state index contributed by atoms with van der Waals surface area (Å²) in [6, 6.07) is 10.7. The lowest BCUT2D eigenvalue weighted by Gasteiger charge is -2.25. The minimum Gasteiger partial charge on any atom is -0.507 e. The number of nitrogens with zero attached hydrogens (tertiary/aromatic N) is 2. The number of carbonyl (C=O) groups excluding carboxylic acids is 1. The first-order valence-electron chi connectivity index (χ1n) is 8.67. The van der Waals surface area contributed by atoms with Gasteiger partial charge in [0.15, 0.2) is 0 Å². The number of phenols is 1. The number of aromatic amines is 1. The van der Waals surface area contributed by atoms with Gasteiger partial charge in [0.2, 0.25) is 0 Å². The van der Waals surface area contributed by atoms with E-state index in [0.717, 1.165) is 21.2 Å². The Kier molecular flexibility index (Phi) is 4.77. The van der Waals surface area contributed by atoms with E-state index in [9.17, 15) is 9.90 Å². The van der Waals surface area contributed by atoms with E-state index < -0.39 is 0 Å². The van der Waals surface area contributed by atoms with Crippen LogP contribution in [0.5, 0.6) is 5.75 Å². The fraction of sp³-hybridized carbons (Fsp3) is 0.143. The number of carbonyl (C=O) groups is 1. The largest absolute Gasteiger partial charge is 0.507 e. The second-order valence-corrected chi connectivity index (χ2v) is 8.01. The van der Waals surface area contributed by atoms with Crippen LogP contribution in [0.4, 0.5) is 0 Å². The smallest absolute Gasteiger partial charge is 0.273 e. The Bertz CT molecular complexity index is 1110. The molecule has 2 aromatic carbocycles. The maximum atomic E-state index is 13.0. The summed E-state index contributed by atoms with van der Waals surface area (Å²) in [5.74, 6) is -0.0878. The zero-order chi connectivity index (χ0) is 20.0. The summed E-state index contributed by atoms with van der Waals surface area (Å²) in [5.41, 5.74) is 3.84. The number of fused-ring (bicyclic) bond motifs is 1. The van der Waals surface area contributed by atoms with Gasteiger partial charge >= 0.3 is 0 Å². The molecule has 1 amide bonds. The maximum Gasteiger partial charge on any atom is 0.273 e. The van der Waals surface area contributed by atoms with E-state index in [1.54, 1.807) is 23.1 Å². The first-order valence-corrected chi connectivity index (χ1v) is 9.84. The first kappa shape index (κ1) is 18.8. The number of halogens is 2. The summed E-state index contributed by atoms with van der Waals surface area (Å²) >= 11 is 9.79. The number of aromatic hydroxyl groups is 1. The molecule has 142 valence electrons. The van der Waals surface area contributed by atoms with Crippen molar-refractivity contribution in [2.75, 3.05) is 6.54 Å². The van der Waals surface area contributed by atoms with Crippen LogP contribution >= 0.6 is 27.5 Å². The van der Waals surface area contributed by atoms with Crippen LogP contribution in [0.2, 0.25) is 5.02 Å². The Morgan fingerprint density at radius 3 is 2.89 bits per heavy atom. The Morgan fingerprint density at radius 1 is 1.39 bits per heavy atom. The fourth-order valence-electron chi connectivity index (χ4n) is 3.61. The van der Waals surface area contributed by atoms with Crippen molar-refractivity contribution < 1.29 is 9.90 Å². The number of hydrogen-bond acceptors (Lipinski definition) is 3. The number of aryl methyl sites for hydroxylation is 1. The molecular formula is C21H17BrClN3O2. The number of aromatic nitrogens is 2. The highest BCUT2D eigenvalue weighted by atomic mass is 79.9.